The van der Waals surface area contributed by atoms with Crippen LogP contribution in [0.3, 0.4) is 0 Å². The number of nitrogens with two attached hydrogens (primary N) is 2. The van der Waals surface area contributed by atoms with Gasteiger partial charge in [-0.3, -0.25) is 14.6 Å². The van der Waals surface area contributed by atoms with Crippen molar-refractivity contribution in [1.82, 2.24) is 4.98 Å². The molecule has 0 unspecified atom stereocenters. The topological polar surface area (TPSA) is 127 Å². The molecule has 2 amide bonds. The monoisotopic (exact) mass is 418 g/mol. The first kappa shape index (κ1) is 20.4. The molecular formula is C18H16F2N6O2S. The van der Waals surface area contributed by atoms with E-state index >= 15 is 0 Å². The number of amidine groups is 1. The summed E-state index contributed by atoms with van der Waals surface area (Å²) in [5, 5.41) is 0. The molecule has 1 aliphatic rings. The first-order valence-electron chi connectivity index (χ1n) is 8.40. The van der Waals surface area contributed by atoms with E-state index in [1.807, 2.05) is 0 Å². The molecule has 150 valence electrons. The molecule has 1 aromatic heterocycles. The van der Waals surface area contributed by atoms with Crippen molar-refractivity contribution in [2.45, 2.75) is 11.3 Å². The quantitative estimate of drug-likeness (QED) is 0.571. The Morgan fingerprint density at radius 1 is 1.21 bits per heavy atom. The van der Waals surface area contributed by atoms with Gasteiger partial charge in [0.1, 0.15) is 5.69 Å². The number of carbonyl (C=O) groups is 2. The van der Waals surface area contributed by atoms with Crippen molar-refractivity contribution in [3.05, 3.63) is 53.9 Å². The second kappa shape index (κ2) is 8.78. The van der Waals surface area contributed by atoms with E-state index in [0.29, 0.717) is 10.6 Å². The standard InChI is InChI=1S/C18H16F2N6O2S/c19-10-7-13-14(8-11(10)20)29-9-16(28)26(13)6-4-15(27)24-18(22)25-17(21)12-3-1-2-5-23-12/h1-3,5,7-8H,4,6,9H2,(H4,21,22,24,25,27). The molecule has 0 saturated heterocycles. The average molecular weight is 418 g/mol. The Hall–Kier alpha value is -3.34. The predicted octanol–water partition coefficient (Wildman–Crippen LogP) is 1.44. The number of aliphatic imine (C=N–C) groups is 2. The minimum atomic E-state index is -1.07. The summed E-state index contributed by atoms with van der Waals surface area (Å²) in [7, 11) is 0. The number of aromatic nitrogens is 1. The van der Waals surface area contributed by atoms with Gasteiger partial charge in [0.05, 0.1) is 11.4 Å². The number of carbonyl (C=O) groups excluding carboxylic acids is 2. The van der Waals surface area contributed by atoms with Crippen molar-refractivity contribution in [2.75, 3.05) is 17.2 Å². The molecule has 0 fully saturated rings. The molecule has 4 N–H and O–H groups in total. The average Bonchev–Trinajstić information content (AvgIpc) is 2.69. The number of halogens is 2. The number of fused-ring (bicyclic) bond motifs is 1. The number of rotatable bonds is 4. The highest BCUT2D eigenvalue weighted by molar-refractivity contribution is 8.00. The van der Waals surface area contributed by atoms with E-state index in [9.17, 15) is 18.4 Å². The molecule has 2 heterocycles. The normalized spacial score (nSPS) is 14.7. The van der Waals surface area contributed by atoms with Crippen LogP contribution in [0.25, 0.3) is 0 Å². The summed E-state index contributed by atoms with van der Waals surface area (Å²) in [5.41, 5.74) is 12.0. The number of benzene rings is 1. The van der Waals surface area contributed by atoms with Crippen LogP contribution in [0.2, 0.25) is 0 Å². The largest absolute Gasteiger partial charge is 0.382 e. The molecule has 29 heavy (non-hydrogen) atoms. The van der Waals surface area contributed by atoms with Gasteiger partial charge in [-0.1, -0.05) is 6.07 Å². The van der Waals surface area contributed by atoms with Crippen LogP contribution in [0.15, 0.2) is 51.4 Å². The Balaban J connectivity index is 1.68. The lowest BCUT2D eigenvalue weighted by atomic mass is 10.2. The maximum absolute atomic E-state index is 13.6. The van der Waals surface area contributed by atoms with Crippen molar-refractivity contribution in [3.63, 3.8) is 0 Å². The molecule has 8 nitrogen and oxygen atoms in total. The minimum Gasteiger partial charge on any atom is -0.382 e. The summed E-state index contributed by atoms with van der Waals surface area (Å²) in [6, 6.07) is 7.00. The van der Waals surface area contributed by atoms with E-state index in [-0.39, 0.29) is 42.1 Å². The molecule has 0 atom stereocenters. The van der Waals surface area contributed by atoms with Crippen molar-refractivity contribution in [1.29, 1.82) is 0 Å². The Morgan fingerprint density at radius 3 is 2.69 bits per heavy atom. The molecule has 11 heteroatoms. The number of hydrogen-bond acceptors (Lipinski definition) is 4. The van der Waals surface area contributed by atoms with Gasteiger partial charge in [-0.2, -0.15) is 9.98 Å². The Labute approximate surface area is 168 Å². The van der Waals surface area contributed by atoms with Gasteiger partial charge in [-0.15, -0.1) is 11.8 Å². The minimum absolute atomic E-state index is 0.00527. The van der Waals surface area contributed by atoms with Gasteiger partial charge >= 0.3 is 0 Å². The number of pyridine rings is 1. The number of amides is 2. The highest BCUT2D eigenvalue weighted by Gasteiger charge is 2.27. The molecule has 0 saturated carbocycles. The molecule has 1 aromatic carbocycles. The molecule has 1 aliphatic heterocycles. The predicted molar refractivity (Wildman–Crippen MR) is 106 cm³/mol. The van der Waals surface area contributed by atoms with Crippen LogP contribution >= 0.6 is 11.8 Å². The lowest BCUT2D eigenvalue weighted by Crippen LogP contribution is -2.37. The molecule has 0 aliphatic carbocycles. The van der Waals surface area contributed by atoms with Crippen molar-refractivity contribution < 1.29 is 18.4 Å². The third-order valence-electron chi connectivity index (χ3n) is 3.90. The van der Waals surface area contributed by atoms with E-state index in [1.165, 1.54) is 11.1 Å². The lowest BCUT2D eigenvalue weighted by Gasteiger charge is -2.28. The zero-order valence-electron chi connectivity index (χ0n) is 15.0. The molecule has 0 spiro atoms. The van der Waals surface area contributed by atoms with Crippen LogP contribution < -0.4 is 16.4 Å². The highest BCUT2D eigenvalue weighted by atomic mass is 32.2. The number of hydrogen-bond donors (Lipinski definition) is 2. The van der Waals surface area contributed by atoms with Crippen LogP contribution in [-0.2, 0) is 9.59 Å². The molecule has 3 rings (SSSR count). The Kier molecular flexibility index (Phi) is 6.17. The second-order valence-electron chi connectivity index (χ2n) is 5.89. The zero-order chi connectivity index (χ0) is 21.0. The summed E-state index contributed by atoms with van der Waals surface area (Å²) in [6.45, 7) is -0.0630. The summed E-state index contributed by atoms with van der Waals surface area (Å²) in [4.78, 5) is 37.3. The van der Waals surface area contributed by atoms with Gasteiger partial charge in [-0.25, -0.2) is 8.78 Å². The van der Waals surface area contributed by atoms with Gasteiger partial charge in [0.15, 0.2) is 17.5 Å². The van der Waals surface area contributed by atoms with E-state index in [0.717, 1.165) is 23.9 Å². The van der Waals surface area contributed by atoms with Crippen LogP contribution in [0, 0.1) is 11.6 Å². The van der Waals surface area contributed by atoms with Gasteiger partial charge in [-0.05, 0) is 18.2 Å². The van der Waals surface area contributed by atoms with Crippen LogP contribution in [0.1, 0.15) is 12.1 Å². The molecular weight excluding hydrogens is 402 g/mol. The van der Waals surface area contributed by atoms with E-state index in [1.54, 1.807) is 18.2 Å². The fourth-order valence-electron chi connectivity index (χ4n) is 2.55. The summed E-state index contributed by atoms with van der Waals surface area (Å²) < 4.78 is 27.0. The third-order valence-corrected chi connectivity index (χ3v) is 4.92. The van der Waals surface area contributed by atoms with Crippen molar-refractivity contribution in [2.24, 2.45) is 21.5 Å². The molecule has 2 aromatic rings. The highest BCUT2D eigenvalue weighted by Crippen LogP contribution is 2.36. The van der Waals surface area contributed by atoms with E-state index in [4.69, 9.17) is 11.5 Å². The van der Waals surface area contributed by atoms with Crippen LogP contribution in [-0.4, -0.2) is 40.9 Å². The summed E-state index contributed by atoms with van der Waals surface area (Å²) in [5.74, 6) is -3.34. The summed E-state index contributed by atoms with van der Waals surface area (Å²) in [6.07, 6.45) is 1.34. The van der Waals surface area contributed by atoms with Crippen LogP contribution in [0.4, 0.5) is 14.5 Å². The number of nitrogens with zero attached hydrogens (tertiary/aromatic N) is 4. The first-order valence-corrected chi connectivity index (χ1v) is 9.38. The smallest absolute Gasteiger partial charge is 0.250 e. The fourth-order valence-corrected chi connectivity index (χ4v) is 3.49. The second-order valence-corrected chi connectivity index (χ2v) is 6.91. The SMILES string of the molecule is NC(=NC(=O)CCN1C(=O)CSc2cc(F)c(F)cc21)/N=C(\N)c1ccccn1. The number of guanidine groups is 1. The van der Waals surface area contributed by atoms with Gasteiger partial charge in [0.25, 0.3) is 5.91 Å². The number of anilines is 1. The molecule has 0 radical (unpaired) electrons. The van der Waals surface area contributed by atoms with Crippen LogP contribution in [0.5, 0.6) is 0 Å². The lowest BCUT2D eigenvalue weighted by molar-refractivity contribution is -0.118. The van der Waals surface area contributed by atoms with Gasteiger partial charge in [0.2, 0.25) is 11.9 Å². The fraction of sp³-hybridized carbons (Fsp3) is 0.167. The van der Waals surface area contributed by atoms with Gasteiger partial charge < -0.3 is 16.4 Å². The Morgan fingerprint density at radius 2 is 1.97 bits per heavy atom. The molecule has 0 bridgehead atoms. The maximum Gasteiger partial charge on any atom is 0.250 e. The summed E-state index contributed by atoms with van der Waals surface area (Å²) >= 11 is 1.11. The van der Waals surface area contributed by atoms with Crippen molar-refractivity contribution >= 4 is 41.1 Å². The Bertz CT molecular complexity index is 1010. The third kappa shape index (κ3) is 4.93. The number of thioether (sulfide) groups is 1. The van der Waals surface area contributed by atoms with E-state index in [2.05, 4.69) is 15.0 Å². The zero-order valence-corrected chi connectivity index (χ0v) is 15.8. The first-order chi connectivity index (χ1) is 13.8. The van der Waals surface area contributed by atoms with Gasteiger partial charge in [0, 0.05) is 30.1 Å². The van der Waals surface area contributed by atoms with Crippen molar-refractivity contribution in [3.8, 4) is 0 Å². The van der Waals surface area contributed by atoms with E-state index < -0.39 is 17.5 Å². The maximum atomic E-state index is 13.6.